The van der Waals surface area contributed by atoms with Crippen molar-refractivity contribution in [2.75, 3.05) is 17.2 Å². The fourth-order valence-electron chi connectivity index (χ4n) is 2.58. The summed E-state index contributed by atoms with van der Waals surface area (Å²) in [6.07, 6.45) is 1.05. The highest BCUT2D eigenvalue weighted by molar-refractivity contribution is 5.94. The van der Waals surface area contributed by atoms with Crippen molar-refractivity contribution in [1.29, 1.82) is 0 Å². The topological polar surface area (TPSA) is 67.4 Å². The Morgan fingerprint density at radius 1 is 1.04 bits per heavy atom. The Balaban J connectivity index is 1.94. The Labute approximate surface area is 161 Å². The van der Waals surface area contributed by atoms with Crippen LogP contribution in [0.3, 0.4) is 0 Å². The third-order valence-electron chi connectivity index (χ3n) is 4.72. The molecule has 2 aromatic carbocycles. The zero-order valence-corrected chi connectivity index (χ0v) is 16.7. The maximum Gasteiger partial charge on any atom is 0.262 e. The number of benzene rings is 2. The van der Waals surface area contributed by atoms with Gasteiger partial charge in [0.1, 0.15) is 5.75 Å². The lowest BCUT2D eigenvalue weighted by molar-refractivity contribution is -0.118. The Morgan fingerprint density at radius 3 is 2.30 bits per heavy atom. The maximum atomic E-state index is 12.2. The summed E-state index contributed by atoms with van der Waals surface area (Å²) >= 11 is 0. The predicted octanol–water partition coefficient (Wildman–Crippen LogP) is 4.66. The van der Waals surface area contributed by atoms with E-state index in [1.54, 1.807) is 12.1 Å². The number of ether oxygens (including phenoxy) is 1. The predicted molar refractivity (Wildman–Crippen MR) is 109 cm³/mol. The molecule has 2 amide bonds. The summed E-state index contributed by atoms with van der Waals surface area (Å²) in [4.78, 5) is 23.4. The SMILES string of the molecule is CCC(C)(C)c1ccc(OCC(=O)Nc2ccc(C)c(NC(C)=O)c2)cc1. The van der Waals surface area contributed by atoms with E-state index in [1.165, 1.54) is 12.5 Å². The van der Waals surface area contributed by atoms with Crippen molar-refractivity contribution in [3.63, 3.8) is 0 Å². The molecule has 5 nitrogen and oxygen atoms in total. The van der Waals surface area contributed by atoms with Gasteiger partial charge in [-0.25, -0.2) is 0 Å². The molecule has 0 aromatic heterocycles. The summed E-state index contributed by atoms with van der Waals surface area (Å²) in [5, 5.41) is 5.53. The first-order valence-corrected chi connectivity index (χ1v) is 9.12. The minimum atomic E-state index is -0.259. The summed E-state index contributed by atoms with van der Waals surface area (Å²) < 4.78 is 5.58. The summed E-state index contributed by atoms with van der Waals surface area (Å²) in [6, 6.07) is 13.2. The van der Waals surface area contributed by atoms with Gasteiger partial charge in [-0.2, -0.15) is 0 Å². The molecule has 0 saturated carbocycles. The van der Waals surface area contributed by atoms with Gasteiger partial charge in [-0.1, -0.05) is 39.0 Å². The van der Waals surface area contributed by atoms with E-state index in [0.29, 0.717) is 17.1 Å². The van der Waals surface area contributed by atoms with Crippen LogP contribution in [-0.4, -0.2) is 18.4 Å². The third-order valence-corrected chi connectivity index (χ3v) is 4.72. The molecule has 0 aliphatic carbocycles. The van der Waals surface area contributed by atoms with Crippen LogP contribution in [0.5, 0.6) is 5.75 Å². The van der Waals surface area contributed by atoms with Crippen molar-refractivity contribution < 1.29 is 14.3 Å². The lowest BCUT2D eigenvalue weighted by Crippen LogP contribution is -2.20. The molecule has 2 rings (SSSR count). The van der Waals surface area contributed by atoms with Gasteiger partial charge < -0.3 is 15.4 Å². The molecule has 2 N–H and O–H groups in total. The smallest absolute Gasteiger partial charge is 0.262 e. The molecule has 2 aromatic rings. The molecule has 0 atom stereocenters. The second-order valence-electron chi connectivity index (χ2n) is 7.31. The van der Waals surface area contributed by atoms with Gasteiger partial charge in [0.05, 0.1) is 0 Å². The number of carbonyl (C=O) groups excluding carboxylic acids is 2. The fourth-order valence-corrected chi connectivity index (χ4v) is 2.58. The summed E-state index contributed by atoms with van der Waals surface area (Å²) in [7, 11) is 0. The number of carbonyl (C=O) groups is 2. The first-order valence-electron chi connectivity index (χ1n) is 9.12. The maximum absolute atomic E-state index is 12.2. The molecule has 0 spiro atoms. The zero-order valence-electron chi connectivity index (χ0n) is 16.7. The van der Waals surface area contributed by atoms with Gasteiger partial charge in [0, 0.05) is 18.3 Å². The van der Waals surface area contributed by atoms with Crippen LogP contribution in [0.15, 0.2) is 42.5 Å². The quantitative estimate of drug-likeness (QED) is 0.747. The number of hydrogen-bond donors (Lipinski definition) is 2. The van der Waals surface area contributed by atoms with Crippen LogP contribution in [0.2, 0.25) is 0 Å². The van der Waals surface area contributed by atoms with Gasteiger partial charge in [0.2, 0.25) is 5.91 Å². The highest BCUT2D eigenvalue weighted by Crippen LogP contribution is 2.28. The van der Waals surface area contributed by atoms with Crippen molar-refractivity contribution in [3.05, 3.63) is 53.6 Å². The van der Waals surface area contributed by atoms with Crippen LogP contribution in [0.4, 0.5) is 11.4 Å². The minimum absolute atomic E-state index is 0.0835. The number of amides is 2. The standard InChI is InChI=1S/C22H28N2O3/c1-6-22(4,5)17-8-11-19(12-9-17)27-14-21(26)24-18-10-7-15(2)20(13-18)23-16(3)25/h7-13H,6,14H2,1-5H3,(H,23,25)(H,24,26). The van der Waals surface area contributed by atoms with E-state index in [1.807, 2.05) is 37.3 Å². The van der Waals surface area contributed by atoms with E-state index in [2.05, 4.69) is 31.4 Å². The first-order chi connectivity index (χ1) is 12.7. The van der Waals surface area contributed by atoms with Crippen molar-refractivity contribution >= 4 is 23.2 Å². The zero-order chi connectivity index (χ0) is 20.0. The van der Waals surface area contributed by atoms with Gasteiger partial charge in [-0.05, 0) is 54.2 Å². The Bertz CT molecular complexity index is 811. The van der Waals surface area contributed by atoms with Gasteiger partial charge in [-0.15, -0.1) is 0 Å². The van der Waals surface area contributed by atoms with Crippen molar-refractivity contribution in [2.45, 2.75) is 46.5 Å². The van der Waals surface area contributed by atoms with Crippen LogP contribution in [0, 0.1) is 6.92 Å². The van der Waals surface area contributed by atoms with Gasteiger partial charge in [-0.3, -0.25) is 9.59 Å². The lowest BCUT2D eigenvalue weighted by Gasteiger charge is -2.23. The van der Waals surface area contributed by atoms with Crippen LogP contribution >= 0.6 is 0 Å². The van der Waals surface area contributed by atoms with E-state index < -0.39 is 0 Å². The third kappa shape index (κ3) is 5.84. The lowest BCUT2D eigenvalue weighted by atomic mass is 9.82. The molecular weight excluding hydrogens is 340 g/mol. The highest BCUT2D eigenvalue weighted by atomic mass is 16.5. The Morgan fingerprint density at radius 2 is 1.70 bits per heavy atom. The molecule has 0 heterocycles. The van der Waals surface area contributed by atoms with Crippen molar-refractivity contribution in [1.82, 2.24) is 0 Å². The molecule has 0 radical (unpaired) electrons. The number of rotatable bonds is 7. The minimum Gasteiger partial charge on any atom is -0.484 e. The molecule has 0 unspecified atom stereocenters. The van der Waals surface area contributed by atoms with Crippen LogP contribution < -0.4 is 15.4 Å². The normalized spacial score (nSPS) is 11.0. The molecule has 0 saturated heterocycles. The first kappa shape index (κ1) is 20.5. The molecular formula is C22H28N2O3. The molecule has 0 fully saturated rings. The molecule has 0 aliphatic heterocycles. The number of nitrogens with one attached hydrogen (secondary N) is 2. The largest absolute Gasteiger partial charge is 0.484 e. The summed E-state index contributed by atoms with van der Waals surface area (Å²) in [5.41, 5.74) is 3.57. The summed E-state index contributed by atoms with van der Waals surface area (Å²) in [5.74, 6) is 0.244. The van der Waals surface area contributed by atoms with Crippen LogP contribution in [0.1, 0.15) is 45.2 Å². The average Bonchev–Trinajstić information content (AvgIpc) is 2.63. The number of hydrogen-bond acceptors (Lipinski definition) is 3. The molecule has 0 aliphatic rings. The van der Waals surface area contributed by atoms with E-state index in [0.717, 1.165) is 12.0 Å². The molecule has 0 bridgehead atoms. The van der Waals surface area contributed by atoms with Gasteiger partial charge in [0.25, 0.3) is 5.91 Å². The average molecular weight is 368 g/mol. The number of anilines is 2. The molecule has 27 heavy (non-hydrogen) atoms. The van der Waals surface area contributed by atoms with E-state index in [-0.39, 0.29) is 23.8 Å². The van der Waals surface area contributed by atoms with Crippen LogP contribution in [-0.2, 0) is 15.0 Å². The Hall–Kier alpha value is -2.82. The summed E-state index contributed by atoms with van der Waals surface area (Å²) in [6.45, 7) is 9.83. The second kappa shape index (κ2) is 8.71. The van der Waals surface area contributed by atoms with Crippen LogP contribution in [0.25, 0.3) is 0 Å². The van der Waals surface area contributed by atoms with Crippen molar-refractivity contribution in [3.8, 4) is 5.75 Å². The molecule has 144 valence electrons. The monoisotopic (exact) mass is 368 g/mol. The van der Waals surface area contributed by atoms with E-state index in [9.17, 15) is 9.59 Å². The highest BCUT2D eigenvalue weighted by Gasteiger charge is 2.17. The van der Waals surface area contributed by atoms with Crippen molar-refractivity contribution in [2.24, 2.45) is 0 Å². The number of aryl methyl sites for hydroxylation is 1. The second-order valence-corrected chi connectivity index (χ2v) is 7.31. The van der Waals surface area contributed by atoms with E-state index in [4.69, 9.17) is 4.74 Å². The Kier molecular flexibility index (Phi) is 6.61. The van der Waals surface area contributed by atoms with E-state index >= 15 is 0 Å². The molecule has 5 heteroatoms. The fraction of sp³-hybridized carbons (Fsp3) is 0.364. The van der Waals surface area contributed by atoms with Gasteiger partial charge >= 0.3 is 0 Å². The van der Waals surface area contributed by atoms with Gasteiger partial charge in [0.15, 0.2) is 6.61 Å².